The van der Waals surface area contributed by atoms with Crippen molar-refractivity contribution in [3.05, 3.63) is 29.3 Å². The van der Waals surface area contributed by atoms with Crippen molar-refractivity contribution in [2.75, 3.05) is 19.8 Å². The van der Waals surface area contributed by atoms with Crippen LogP contribution < -0.4 is 10.1 Å². The van der Waals surface area contributed by atoms with Crippen molar-refractivity contribution in [1.82, 2.24) is 5.32 Å². The molecule has 1 aromatic carbocycles. The highest BCUT2D eigenvalue weighted by Crippen LogP contribution is 2.16. The van der Waals surface area contributed by atoms with Gasteiger partial charge in [0, 0.05) is 18.2 Å². The standard InChI is InChI=1S/C15H22ClNO3/c1-2-4-12(7-8-18)10-17-15(19)11-20-14-6-3-5-13(16)9-14/h3,5-6,9,12,18H,2,4,7-8,10-11H2,1H3,(H,17,19). The fourth-order valence-corrected chi connectivity index (χ4v) is 2.13. The molecule has 0 saturated heterocycles. The van der Waals surface area contributed by atoms with E-state index in [-0.39, 0.29) is 19.1 Å². The maximum atomic E-state index is 11.7. The molecule has 1 rings (SSSR count). The van der Waals surface area contributed by atoms with Crippen LogP contribution in [0.4, 0.5) is 0 Å². The van der Waals surface area contributed by atoms with Gasteiger partial charge in [0.2, 0.25) is 0 Å². The summed E-state index contributed by atoms with van der Waals surface area (Å²) in [6, 6.07) is 6.94. The third kappa shape index (κ3) is 6.78. The van der Waals surface area contributed by atoms with Crippen LogP contribution in [0.1, 0.15) is 26.2 Å². The Labute approximate surface area is 125 Å². The molecule has 4 nitrogen and oxygen atoms in total. The molecule has 5 heteroatoms. The minimum atomic E-state index is -0.163. The molecule has 0 aromatic heterocycles. The number of carbonyl (C=O) groups excluding carboxylic acids is 1. The van der Waals surface area contributed by atoms with E-state index in [1.54, 1.807) is 24.3 Å². The molecule has 0 aliphatic heterocycles. The summed E-state index contributed by atoms with van der Waals surface area (Å²) in [5.41, 5.74) is 0. The summed E-state index contributed by atoms with van der Waals surface area (Å²) < 4.78 is 5.35. The molecular formula is C15H22ClNO3. The highest BCUT2D eigenvalue weighted by atomic mass is 35.5. The highest BCUT2D eigenvalue weighted by Gasteiger charge is 2.09. The van der Waals surface area contributed by atoms with Crippen LogP contribution in [-0.2, 0) is 4.79 Å². The number of carbonyl (C=O) groups is 1. The number of ether oxygens (including phenoxy) is 1. The van der Waals surface area contributed by atoms with Gasteiger partial charge in [0.25, 0.3) is 5.91 Å². The molecular weight excluding hydrogens is 278 g/mol. The van der Waals surface area contributed by atoms with Gasteiger partial charge in [-0.15, -0.1) is 0 Å². The number of aliphatic hydroxyl groups is 1. The fourth-order valence-electron chi connectivity index (χ4n) is 1.95. The molecule has 1 aromatic rings. The summed E-state index contributed by atoms with van der Waals surface area (Å²) >= 11 is 5.83. The number of hydrogen-bond donors (Lipinski definition) is 2. The number of benzene rings is 1. The number of halogens is 1. The molecule has 2 N–H and O–H groups in total. The topological polar surface area (TPSA) is 58.6 Å². The second-order valence-corrected chi connectivity index (χ2v) is 5.15. The molecule has 0 saturated carbocycles. The summed E-state index contributed by atoms with van der Waals surface area (Å²) in [7, 11) is 0. The summed E-state index contributed by atoms with van der Waals surface area (Å²) in [6.07, 6.45) is 2.75. The highest BCUT2D eigenvalue weighted by molar-refractivity contribution is 6.30. The Morgan fingerprint density at radius 3 is 2.90 bits per heavy atom. The average molecular weight is 300 g/mol. The van der Waals surface area contributed by atoms with Crippen molar-refractivity contribution < 1.29 is 14.6 Å². The molecule has 20 heavy (non-hydrogen) atoms. The molecule has 1 atom stereocenters. The Kier molecular flexibility index (Phi) is 8.07. The van der Waals surface area contributed by atoms with Gasteiger partial charge in [0.15, 0.2) is 6.61 Å². The van der Waals surface area contributed by atoms with Gasteiger partial charge in [-0.2, -0.15) is 0 Å². The minimum absolute atomic E-state index is 0.0295. The first-order chi connectivity index (χ1) is 9.65. The predicted octanol–water partition coefficient (Wildman–Crippen LogP) is 2.63. The molecule has 112 valence electrons. The molecule has 0 aliphatic carbocycles. The van der Waals surface area contributed by atoms with Crippen molar-refractivity contribution in [3.63, 3.8) is 0 Å². The normalized spacial score (nSPS) is 11.9. The van der Waals surface area contributed by atoms with Gasteiger partial charge in [-0.05, 0) is 37.0 Å². The molecule has 0 fully saturated rings. The van der Waals surface area contributed by atoms with E-state index in [4.69, 9.17) is 21.4 Å². The van der Waals surface area contributed by atoms with Gasteiger partial charge < -0.3 is 15.2 Å². The SMILES string of the molecule is CCCC(CCO)CNC(=O)COc1cccc(Cl)c1. The molecule has 0 radical (unpaired) electrons. The van der Waals surface area contributed by atoms with E-state index < -0.39 is 0 Å². The van der Waals surface area contributed by atoms with Crippen molar-refractivity contribution in [3.8, 4) is 5.75 Å². The zero-order valence-corrected chi connectivity index (χ0v) is 12.5. The molecule has 0 spiro atoms. The fraction of sp³-hybridized carbons (Fsp3) is 0.533. The quantitative estimate of drug-likeness (QED) is 0.737. The second kappa shape index (κ2) is 9.61. The van der Waals surface area contributed by atoms with E-state index in [2.05, 4.69) is 12.2 Å². The Balaban J connectivity index is 2.29. The van der Waals surface area contributed by atoms with Crippen molar-refractivity contribution in [2.24, 2.45) is 5.92 Å². The number of aliphatic hydroxyl groups excluding tert-OH is 1. The first kappa shape index (κ1) is 16.8. The smallest absolute Gasteiger partial charge is 0.257 e. The number of rotatable bonds is 9. The third-order valence-corrected chi connectivity index (χ3v) is 3.22. The van der Waals surface area contributed by atoms with Crippen molar-refractivity contribution in [1.29, 1.82) is 0 Å². The Bertz CT molecular complexity index is 406. The van der Waals surface area contributed by atoms with Crippen LogP contribution >= 0.6 is 11.6 Å². The second-order valence-electron chi connectivity index (χ2n) is 4.72. The van der Waals surface area contributed by atoms with Crippen LogP contribution in [0.2, 0.25) is 5.02 Å². The molecule has 0 heterocycles. The monoisotopic (exact) mass is 299 g/mol. The van der Waals surface area contributed by atoms with Gasteiger partial charge in [-0.3, -0.25) is 4.79 Å². The molecule has 0 bridgehead atoms. The maximum Gasteiger partial charge on any atom is 0.257 e. The summed E-state index contributed by atoms with van der Waals surface area (Å²) in [6.45, 7) is 2.79. The van der Waals surface area contributed by atoms with Crippen molar-refractivity contribution in [2.45, 2.75) is 26.2 Å². The number of nitrogens with one attached hydrogen (secondary N) is 1. The van der Waals surface area contributed by atoms with Gasteiger partial charge in [0.1, 0.15) is 5.75 Å². The van der Waals surface area contributed by atoms with Crippen LogP contribution in [0, 0.1) is 5.92 Å². The van der Waals surface area contributed by atoms with Crippen LogP contribution in [0.25, 0.3) is 0 Å². The summed E-state index contributed by atoms with van der Waals surface area (Å²) in [5, 5.41) is 12.4. The number of amides is 1. The van der Waals surface area contributed by atoms with E-state index in [0.717, 1.165) is 12.8 Å². The van der Waals surface area contributed by atoms with Gasteiger partial charge >= 0.3 is 0 Å². The lowest BCUT2D eigenvalue weighted by atomic mass is 10.0. The van der Waals surface area contributed by atoms with E-state index >= 15 is 0 Å². The van der Waals surface area contributed by atoms with E-state index in [1.807, 2.05) is 0 Å². The molecule has 1 unspecified atom stereocenters. The van der Waals surface area contributed by atoms with Gasteiger partial charge in [-0.1, -0.05) is 31.0 Å². The maximum absolute atomic E-state index is 11.7. The predicted molar refractivity (Wildman–Crippen MR) is 80.1 cm³/mol. The lowest BCUT2D eigenvalue weighted by Gasteiger charge is -2.15. The van der Waals surface area contributed by atoms with Crippen molar-refractivity contribution >= 4 is 17.5 Å². The first-order valence-corrected chi connectivity index (χ1v) is 7.29. The Hall–Kier alpha value is -1.26. The zero-order valence-electron chi connectivity index (χ0n) is 11.8. The largest absolute Gasteiger partial charge is 0.484 e. The van der Waals surface area contributed by atoms with E-state index in [0.29, 0.717) is 29.7 Å². The minimum Gasteiger partial charge on any atom is -0.484 e. The van der Waals surface area contributed by atoms with Crippen LogP contribution in [0.15, 0.2) is 24.3 Å². The molecule has 0 aliphatic rings. The average Bonchev–Trinajstić information content (AvgIpc) is 2.43. The lowest BCUT2D eigenvalue weighted by Crippen LogP contribution is -2.33. The summed E-state index contributed by atoms with van der Waals surface area (Å²) in [4.78, 5) is 11.7. The van der Waals surface area contributed by atoms with E-state index in [9.17, 15) is 4.79 Å². The Morgan fingerprint density at radius 1 is 1.45 bits per heavy atom. The number of hydrogen-bond acceptors (Lipinski definition) is 3. The Morgan fingerprint density at radius 2 is 2.25 bits per heavy atom. The molecule has 1 amide bonds. The third-order valence-electron chi connectivity index (χ3n) is 2.99. The lowest BCUT2D eigenvalue weighted by molar-refractivity contribution is -0.123. The van der Waals surface area contributed by atoms with Gasteiger partial charge in [-0.25, -0.2) is 0 Å². The van der Waals surface area contributed by atoms with Crippen LogP contribution in [0.3, 0.4) is 0 Å². The first-order valence-electron chi connectivity index (χ1n) is 6.91. The van der Waals surface area contributed by atoms with Crippen LogP contribution in [0.5, 0.6) is 5.75 Å². The van der Waals surface area contributed by atoms with Gasteiger partial charge in [0.05, 0.1) is 0 Å². The summed E-state index contributed by atoms with van der Waals surface area (Å²) in [5.74, 6) is 0.734. The van der Waals surface area contributed by atoms with Crippen LogP contribution in [-0.4, -0.2) is 30.8 Å². The zero-order chi connectivity index (χ0) is 14.8. The van der Waals surface area contributed by atoms with E-state index in [1.165, 1.54) is 0 Å².